The molecule has 3 heterocycles. The third kappa shape index (κ3) is 3.01. The SMILES string of the molecule is N#CN1CC[C@@H](N2Cc3cccc(N4CCOCC4)c3NS2(=O)=O)C1. The van der Waals surface area contributed by atoms with Gasteiger partial charge in [0.25, 0.3) is 0 Å². The van der Waals surface area contributed by atoms with Gasteiger partial charge in [-0.25, -0.2) is 0 Å². The standard InChI is InChI=1S/C16H21N5O3S/c17-12-19-5-4-14(11-19)21-10-13-2-1-3-15(16(13)18-25(21,22)23)20-6-8-24-9-7-20/h1-3,14,18H,4-11H2/t14-/m1/s1. The number of nitrogens with zero attached hydrogens (tertiary/aromatic N) is 4. The van der Waals surface area contributed by atoms with Crippen molar-refractivity contribution in [3.05, 3.63) is 23.8 Å². The summed E-state index contributed by atoms with van der Waals surface area (Å²) in [5.74, 6) is 0. The lowest BCUT2D eigenvalue weighted by Crippen LogP contribution is -2.47. The number of hydrogen-bond acceptors (Lipinski definition) is 6. The summed E-state index contributed by atoms with van der Waals surface area (Å²) >= 11 is 0. The number of anilines is 2. The average Bonchev–Trinajstić information content (AvgIpc) is 3.09. The number of likely N-dealkylation sites (tertiary alicyclic amines) is 1. The van der Waals surface area contributed by atoms with E-state index in [-0.39, 0.29) is 6.04 Å². The topological polar surface area (TPSA) is 88.9 Å². The van der Waals surface area contributed by atoms with Gasteiger partial charge in [0.15, 0.2) is 6.19 Å². The molecule has 4 rings (SSSR count). The molecule has 9 heteroatoms. The number of nitriles is 1. The Morgan fingerprint density at radius 3 is 2.76 bits per heavy atom. The molecule has 0 unspecified atom stereocenters. The first kappa shape index (κ1) is 16.4. The zero-order valence-corrected chi connectivity index (χ0v) is 14.7. The van der Waals surface area contributed by atoms with Gasteiger partial charge < -0.3 is 14.5 Å². The molecule has 8 nitrogen and oxygen atoms in total. The first-order chi connectivity index (χ1) is 12.1. The van der Waals surface area contributed by atoms with E-state index in [1.807, 2.05) is 18.2 Å². The molecule has 0 saturated carbocycles. The van der Waals surface area contributed by atoms with Crippen molar-refractivity contribution < 1.29 is 13.2 Å². The van der Waals surface area contributed by atoms with E-state index in [9.17, 15) is 8.42 Å². The largest absolute Gasteiger partial charge is 0.378 e. The van der Waals surface area contributed by atoms with Crippen LogP contribution in [-0.4, -0.2) is 63.1 Å². The van der Waals surface area contributed by atoms with Crippen molar-refractivity contribution in [3.63, 3.8) is 0 Å². The van der Waals surface area contributed by atoms with Crippen LogP contribution in [0.4, 0.5) is 11.4 Å². The number of morpholine rings is 1. The van der Waals surface area contributed by atoms with Crippen molar-refractivity contribution in [2.75, 3.05) is 49.0 Å². The number of benzene rings is 1. The molecule has 1 aromatic carbocycles. The minimum atomic E-state index is -3.62. The van der Waals surface area contributed by atoms with Crippen LogP contribution in [0.3, 0.4) is 0 Å². The molecule has 134 valence electrons. The lowest BCUT2D eigenvalue weighted by atomic mass is 10.1. The highest BCUT2D eigenvalue weighted by atomic mass is 32.2. The lowest BCUT2D eigenvalue weighted by molar-refractivity contribution is 0.123. The van der Waals surface area contributed by atoms with E-state index >= 15 is 0 Å². The van der Waals surface area contributed by atoms with Gasteiger partial charge in [0.1, 0.15) is 0 Å². The van der Waals surface area contributed by atoms with Crippen LogP contribution in [0.25, 0.3) is 0 Å². The van der Waals surface area contributed by atoms with Crippen LogP contribution in [0.2, 0.25) is 0 Å². The maximum atomic E-state index is 12.8. The van der Waals surface area contributed by atoms with Gasteiger partial charge in [-0.05, 0) is 18.1 Å². The molecule has 0 amide bonds. The zero-order chi connectivity index (χ0) is 17.4. The lowest BCUT2D eigenvalue weighted by Gasteiger charge is -2.37. The Kier molecular flexibility index (Phi) is 4.19. The van der Waals surface area contributed by atoms with Crippen molar-refractivity contribution in [1.29, 1.82) is 5.26 Å². The minimum Gasteiger partial charge on any atom is -0.378 e. The fourth-order valence-corrected chi connectivity index (χ4v) is 5.22. The van der Waals surface area contributed by atoms with E-state index in [0.29, 0.717) is 45.0 Å². The van der Waals surface area contributed by atoms with Crippen molar-refractivity contribution in [1.82, 2.24) is 9.21 Å². The van der Waals surface area contributed by atoms with Crippen molar-refractivity contribution in [2.45, 2.75) is 19.0 Å². The molecule has 3 aliphatic rings. The Labute approximate surface area is 147 Å². The third-order valence-corrected chi connectivity index (χ3v) is 6.57. The summed E-state index contributed by atoms with van der Waals surface area (Å²) in [6, 6.07) is 5.72. The molecule has 0 bridgehead atoms. The Morgan fingerprint density at radius 2 is 2.04 bits per heavy atom. The van der Waals surface area contributed by atoms with Gasteiger partial charge in [-0.2, -0.15) is 18.0 Å². The van der Waals surface area contributed by atoms with E-state index in [2.05, 4.69) is 15.8 Å². The first-order valence-corrected chi connectivity index (χ1v) is 9.91. The van der Waals surface area contributed by atoms with E-state index in [0.717, 1.165) is 24.3 Å². The van der Waals surface area contributed by atoms with Gasteiger partial charge in [0, 0.05) is 38.8 Å². The second kappa shape index (κ2) is 6.37. The Morgan fingerprint density at radius 1 is 1.24 bits per heavy atom. The van der Waals surface area contributed by atoms with Crippen molar-refractivity contribution in [3.8, 4) is 6.19 Å². The Bertz CT molecular complexity index is 800. The summed E-state index contributed by atoms with van der Waals surface area (Å²) in [7, 11) is -3.62. The maximum Gasteiger partial charge on any atom is 0.302 e. The predicted molar refractivity (Wildman–Crippen MR) is 93.2 cm³/mol. The highest BCUT2D eigenvalue weighted by Gasteiger charge is 2.39. The van der Waals surface area contributed by atoms with Gasteiger partial charge in [0.05, 0.1) is 24.6 Å². The fourth-order valence-electron chi connectivity index (χ4n) is 3.74. The summed E-state index contributed by atoms with van der Waals surface area (Å²) < 4.78 is 35.3. The normalized spacial score (nSPS) is 26.0. The van der Waals surface area contributed by atoms with Gasteiger partial charge in [0.2, 0.25) is 0 Å². The number of nitrogens with one attached hydrogen (secondary N) is 1. The molecule has 1 aromatic rings. The highest BCUT2D eigenvalue weighted by molar-refractivity contribution is 7.90. The zero-order valence-electron chi connectivity index (χ0n) is 13.9. The van der Waals surface area contributed by atoms with Crippen molar-refractivity contribution >= 4 is 21.6 Å². The summed E-state index contributed by atoms with van der Waals surface area (Å²) in [6.07, 6.45) is 2.78. The van der Waals surface area contributed by atoms with Crippen LogP contribution in [0.1, 0.15) is 12.0 Å². The van der Waals surface area contributed by atoms with Crippen LogP contribution in [-0.2, 0) is 21.5 Å². The molecule has 0 aliphatic carbocycles. The monoisotopic (exact) mass is 363 g/mol. The first-order valence-electron chi connectivity index (χ1n) is 8.47. The molecule has 2 fully saturated rings. The minimum absolute atomic E-state index is 0.169. The molecule has 0 spiro atoms. The summed E-state index contributed by atoms with van der Waals surface area (Å²) in [6.45, 7) is 4.20. The van der Waals surface area contributed by atoms with Gasteiger partial charge in [-0.3, -0.25) is 4.72 Å². The van der Waals surface area contributed by atoms with E-state index in [1.54, 1.807) is 4.90 Å². The Balaban J connectivity index is 1.64. The smallest absolute Gasteiger partial charge is 0.302 e. The third-order valence-electron chi connectivity index (χ3n) is 5.06. The quantitative estimate of drug-likeness (QED) is 0.772. The van der Waals surface area contributed by atoms with Gasteiger partial charge >= 0.3 is 10.2 Å². The van der Waals surface area contributed by atoms with Gasteiger partial charge in [-0.15, -0.1) is 0 Å². The molecule has 3 aliphatic heterocycles. The molecular weight excluding hydrogens is 342 g/mol. The number of rotatable bonds is 2. The molecule has 2 saturated heterocycles. The van der Waals surface area contributed by atoms with E-state index < -0.39 is 10.2 Å². The second-order valence-corrected chi connectivity index (χ2v) is 8.17. The summed E-state index contributed by atoms with van der Waals surface area (Å²) in [5.41, 5.74) is 2.55. The highest BCUT2D eigenvalue weighted by Crippen LogP contribution is 2.37. The maximum absolute atomic E-state index is 12.8. The summed E-state index contributed by atoms with van der Waals surface area (Å²) in [5, 5.41) is 9.03. The fraction of sp³-hybridized carbons (Fsp3) is 0.562. The summed E-state index contributed by atoms with van der Waals surface area (Å²) in [4.78, 5) is 3.77. The molecule has 1 atom stereocenters. The van der Waals surface area contributed by atoms with Crippen molar-refractivity contribution in [2.24, 2.45) is 0 Å². The molecule has 0 aromatic heterocycles. The van der Waals surface area contributed by atoms with Crippen LogP contribution in [0.5, 0.6) is 0 Å². The van der Waals surface area contributed by atoms with Gasteiger partial charge in [-0.1, -0.05) is 12.1 Å². The number of hydrogen-bond donors (Lipinski definition) is 1. The average molecular weight is 363 g/mol. The molecule has 1 N–H and O–H groups in total. The van der Waals surface area contributed by atoms with Crippen LogP contribution >= 0.6 is 0 Å². The van der Waals surface area contributed by atoms with E-state index in [4.69, 9.17) is 10.00 Å². The van der Waals surface area contributed by atoms with Crippen LogP contribution < -0.4 is 9.62 Å². The number of fused-ring (bicyclic) bond motifs is 1. The molecule has 0 radical (unpaired) electrons. The number of para-hydroxylation sites is 1. The number of ether oxygens (including phenoxy) is 1. The van der Waals surface area contributed by atoms with E-state index in [1.165, 1.54) is 4.31 Å². The second-order valence-electron chi connectivity index (χ2n) is 6.55. The van der Waals surface area contributed by atoms with Crippen LogP contribution in [0.15, 0.2) is 18.2 Å². The predicted octanol–water partition coefficient (Wildman–Crippen LogP) is 0.551. The molecule has 25 heavy (non-hydrogen) atoms. The van der Waals surface area contributed by atoms with Crippen LogP contribution in [0, 0.1) is 11.5 Å². The molecular formula is C16H21N5O3S. The Hall–Kier alpha value is -2.02.